The van der Waals surface area contributed by atoms with E-state index in [1.807, 2.05) is 30.3 Å². The largest absolute Gasteiger partial charge is 0.410 e. The van der Waals surface area contributed by atoms with Crippen LogP contribution in [-0.2, 0) is 8.87 Å². The monoisotopic (exact) mass is 316 g/mol. The van der Waals surface area contributed by atoms with Gasteiger partial charge in [0.2, 0.25) is 0 Å². The second-order valence-electron chi connectivity index (χ2n) is 4.40. The Morgan fingerprint density at radius 1 is 0.762 bits per heavy atom. The van der Waals surface area contributed by atoms with Crippen molar-refractivity contribution in [1.29, 1.82) is 0 Å². The Bertz CT molecular complexity index is 854. The van der Waals surface area contributed by atoms with E-state index in [-0.39, 0.29) is 4.90 Å². The van der Waals surface area contributed by atoms with E-state index in [1.54, 1.807) is 42.5 Å². The van der Waals surface area contributed by atoms with Crippen LogP contribution in [0.4, 0.5) is 0 Å². The van der Waals surface area contributed by atoms with Crippen LogP contribution >= 0.6 is 11.1 Å². The van der Waals surface area contributed by atoms with Crippen molar-refractivity contribution < 1.29 is 12.6 Å². The molecule has 0 radical (unpaired) electrons. The Kier molecular flexibility index (Phi) is 3.86. The Hall–Kier alpha value is -1.98. The molecule has 0 bridgehead atoms. The van der Waals surface area contributed by atoms with Crippen LogP contribution in [0.1, 0.15) is 0 Å². The molecule has 0 saturated carbocycles. The summed E-state index contributed by atoms with van der Waals surface area (Å²) in [4.78, 5) is 0.265. The molecule has 3 aromatic carbocycles. The molecule has 0 aliphatic heterocycles. The maximum atomic E-state index is 12.5. The van der Waals surface area contributed by atoms with Crippen molar-refractivity contribution in [2.45, 2.75) is 4.90 Å². The van der Waals surface area contributed by atoms with Crippen molar-refractivity contribution >= 4 is 30.7 Å². The highest BCUT2D eigenvalue weighted by molar-refractivity contribution is 8.70. The first-order valence-electron chi connectivity index (χ1n) is 6.31. The fourth-order valence-corrected chi connectivity index (χ4v) is 4.22. The lowest BCUT2D eigenvalue weighted by Gasteiger charge is -2.07. The summed E-state index contributed by atoms with van der Waals surface area (Å²) in [5, 5.41) is 1.59. The van der Waals surface area contributed by atoms with Gasteiger partial charge >= 0.3 is 0 Å². The Balaban J connectivity index is 1.94. The summed E-state index contributed by atoms with van der Waals surface area (Å²) in [7, 11) is -3.59. The van der Waals surface area contributed by atoms with Crippen LogP contribution in [0.2, 0.25) is 0 Å². The van der Waals surface area contributed by atoms with Crippen molar-refractivity contribution in [3.05, 3.63) is 72.8 Å². The summed E-state index contributed by atoms with van der Waals surface area (Å²) in [6.07, 6.45) is 0. The van der Waals surface area contributed by atoms with Gasteiger partial charge in [-0.05, 0) is 23.6 Å². The van der Waals surface area contributed by atoms with Gasteiger partial charge in [-0.25, -0.2) is 8.42 Å². The van der Waals surface area contributed by atoms with E-state index in [0.717, 1.165) is 5.39 Å². The van der Waals surface area contributed by atoms with Crippen molar-refractivity contribution in [2.75, 3.05) is 0 Å². The summed E-state index contributed by atoms with van der Waals surface area (Å²) in [5.74, 6) is 0.506. The number of para-hydroxylation sites is 1. The SMILES string of the molecule is O=S(=O)(SOc1ccccc1)c1cccc2ccccc12. The molecule has 0 amide bonds. The number of hydrogen-bond acceptors (Lipinski definition) is 4. The van der Waals surface area contributed by atoms with Crippen molar-refractivity contribution in [2.24, 2.45) is 0 Å². The number of benzene rings is 3. The molecule has 0 unspecified atom stereocenters. The third kappa shape index (κ3) is 3.04. The Labute approximate surface area is 127 Å². The maximum absolute atomic E-state index is 12.5. The van der Waals surface area contributed by atoms with Crippen molar-refractivity contribution in [3.8, 4) is 5.75 Å². The van der Waals surface area contributed by atoms with E-state index in [4.69, 9.17) is 4.18 Å². The van der Waals surface area contributed by atoms with Gasteiger partial charge in [0.15, 0.2) is 11.1 Å². The number of hydrogen-bond donors (Lipinski definition) is 0. The zero-order chi connectivity index (χ0) is 14.7. The second-order valence-corrected chi connectivity index (χ2v) is 7.77. The zero-order valence-electron chi connectivity index (χ0n) is 11.0. The molecule has 3 aromatic rings. The highest BCUT2D eigenvalue weighted by Gasteiger charge is 2.20. The summed E-state index contributed by atoms with van der Waals surface area (Å²) >= 11 is 0.472. The smallest absolute Gasteiger partial charge is 0.267 e. The van der Waals surface area contributed by atoms with Gasteiger partial charge in [0.1, 0.15) is 5.75 Å². The molecule has 0 N–H and O–H groups in total. The third-order valence-electron chi connectivity index (χ3n) is 2.98. The number of rotatable bonds is 4. The third-order valence-corrected chi connectivity index (χ3v) is 5.60. The molecular formula is C16H12O3S2. The van der Waals surface area contributed by atoms with E-state index in [2.05, 4.69) is 0 Å². The average Bonchev–Trinajstić information content (AvgIpc) is 2.53. The molecule has 3 nitrogen and oxygen atoms in total. The molecule has 0 aromatic heterocycles. The van der Waals surface area contributed by atoms with Crippen LogP contribution in [0.5, 0.6) is 5.75 Å². The molecule has 106 valence electrons. The Morgan fingerprint density at radius 3 is 2.24 bits per heavy atom. The van der Waals surface area contributed by atoms with Crippen molar-refractivity contribution in [3.63, 3.8) is 0 Å². The molecular weight excluding hydrogens is 304 g/mol. The predicted molar refractivity (Wildman–Crippen MR) is 85.8 cm³/mol. The lowest BCUT2D eigenvalue weighted by Crippen LogP contribution is -1.99. The van der Waals surface area contributed by atoms with Crippen LogP contribution in [0.3, 0.4) is 0 Å². The molecule has 0 fully saturated rings. The average molecular weight is 316 g/mol. The minimum absolute atomic E-state index is 0.265. The van der Waals surface area contributed by atoms with E-state index in [9.17, 15) is 8.42 Å². The zero-order valence-corrected chi connectivity index (χ0v) is 12.6. The van der Waals surface area contributed by atoms with Crippen LogP contribution in [-0.4, -0.2) is 8.42 Å². The quantitative estimate of drug-likeness (QED) is 0.533. The van der Waals surface area contributed by atoms with E-state index in [1.165, 1.54) is 0 Å². The first-order valence-corrected chi connectivity index (χ1v) is 9.05. The standard InChI is InChI=1S/C16H12O3S2/c17-21(18,20-19-14-9-2-1-3-10-14)16-12-6-8-13-7-4-5-11-15(13)16/h1-12H. The highest BCUT2D eigenvalue weighted by atomic mass is 33.1. The molecule has 0 atom stereocenters. The molecule has 0 aliphatic rings. The lowest BCUT2D eigenvalue weighted by molar-refractivity contribution is 0.602. The van der Waals surface area contributed by atoms with Crippen LogP contribution < -0.4 is 4.18 Å². The topological polar surface area (TPSA) is 43.4 Å². The van der Waals surface area contributed by atoms with E-state index < -0.39 is 8.87 Å². The van der Waals surface area contributed by atoms with E-state index >= 15 is 0 Å². The first-order chi connectivity index (χ1) is 10.2. The highest BCUT2D eigenvalue weighted by Crippen LogP contribution is 2.31. The molecule has 0 saturated heterocycles. The van der Waals surface area contributed by atoms with Gasteiger partial charge < -0.3 is 4.18 Å². The van der Waals surface area contributed by atoms with Crippen LogP contribution in [0.25, 0.3) is 10.8 Å². The maximum Gasteiger partial charge on any atom is 0.267 e. The Morgan fingerprint density at radius 2 is 1.43 bits per heavy atom. The molecule has 3 rings (SSSR count). The molecule has 0 aliphatic carbocycles. The van der Waals surface area contributed by atoms with Gasteiger partial charge in [0.05, 0.1) is 4.90 Å². The fraction of sp³-hybridized carbons (Fsp3) is 0. The normalized spacial score (nSPS) is 11.4. The second kappa shape index (κ2) is 5.79. The summed E-state index contributed by atoms with van der Waals surface area (Å²) in [5.41, 5.74) is 0. The minimum Gasteiger partial charge on any atom is -0.410 e. The molecule has 5 heteroatoms. The van der Waals surface area contributed by atoms with E-state index in [0.29, 0.717) is 22.2 Å². The lowest BCUT2D eigenvalue weighted by atomic mass is 10.1. The summed E-state index contributed by atoms with van der Waals surface area (Å²) in [6.45, 7) is 0. The summed E-state index contributed by atoms with van der Waals surface area (Å²) in [6, 6.07) is 21.5. The number of fused-ring (bicyclic) bond motifs is 1. The van der Waals surface area contributed by atoms with Gasteiger partial charge in [0, 0.05) is 5.39 Å². The molecule has 0 heterocycles. The molecule has 21 heavy (non-hydrogen) atoms. The van der Waals surface area contributed by atoms with Gasteiger partial charge in [-0.1, -0.05) is 54.6 Å². The van der Waals surface area contributed by atoms with Gasteiger partial charge in [-0.3, -0.25) is 0 Å². The minimum atomic E-state index is -3.59. The van der Waals surface area contributed by atoms with Crippen LogP contribution in [0.15, 0.2) is 77.7 Å². The van der Waals surface area contributed by atoms with Crippen molar-refractivity contribution in [1.82, 2.24) is 0 Å². The fourth-order valence-electron chi connectivity index (χ4n) is 2.01. The summed E-state index contributed by atoms with van der Waals surface area (Å²) < 4.78 is 30.2. The van der Waals surface area contributed by atoms with Gasteiger partial charge in [0.25, 0.3) is 8.87 Å². The van der Waals surface area contributed by atoms with Gasteiger partial charge in [-0.2, -0.15) is 0 Å². The predicted octanol–water partition coefficient (Wildman–Crippen LogP) is 4.26. The first kappa shape index (κ1) is 14.0. The molecule has 0 spiro atoms. The van der Waals surface area contributed by atoms with Gasteiger partial charge in [-0.15, -0.1) is 0 Å². The van der Waals surface area contributed by atoms with Crippen LogP contribution in [0, 0.1) is 0 Å².